The van der Waals surface area contributed by atoms with Gasteiger partial charge in [-0.15, -0.1) is 0 Å². The highest BCUT2D eigenvalue weighted by atomic mass is 19.1. The molecular weight excluding hydrogens is 275 g/mol. The molecule has 1 aromatic heterocycles. The first-order chi connectivity index (χ1) is 9.93. The molecule has 0 aliphatic carbocycles. The Balaban J connectivity index is 2.16. The van der Waals surface area contributed by atoms with E-state index in [1.165, 1.54) is 18.1 Å². The monoisotopic (exact) mass is 292 g/mol. The number of carbonyl (C=O) groups is 1. The number of ether oxygens (including phenoxy) is 1. The van der Waals surface area contributed by atoms with Crippen molar-refractivity contribution in [1.29, 1.82) is 0 Å². The Morgan fingerprint density at radius 1 is 1.43 bits per heavy atom. The molecule has 0 spiro atoms. The van der Waals surface area contributed by atoms with Crippen LogP contribution in [0.15, 0.2) is 22.7 Å². The number of aryl methyl sites for hydroxylation is 2. The third-order valence-corrected chi connectivity index (χ3v) is 3.23. The Bertz CT molecular complexity index is 647. The molecule has 0 atom stereocenters. The van der Waals surface area contributed by atoms with Crippen LogP contribution in [-0.4, -0.2) is 30.1 Å². The van der Waals surface area contributed by atoms with Crippen LogP contribution in [0.25, 0.3) is 0 Å². The van der Waals surface area contributed by atoms with E-state index < -0.39 is 5.82 Å². The van der Waals surface area contributed by atoms with Crippen molar-refractivity contribution in [3.05, 3.63) is 46.6 Å². The summed E-state index contributed by atoms with van der Waals surface area (Å²) >= 11 is 0. The first kappa shape index (κ1) is 15.0. The van der Waals surface area contributed by atoms with E-state index in [0.29, 0.717) is 22.6 Å². The SMILES string of the molecule is COc1ccc(CN(C)C(=O)c2c(C)noc2C)cc1F. The number of methoxy groups -OCH3 is 1. The lowest BCUT2D eigenvalue weighted by Gasteiger charge is -2.17. The van der Waals surface area contributed by atoms with Crippen molar-refractivity contribution in [3.63, 3.8) is 0 Å². The van der Waals surface area contributed by atoms with Gasteiger partial charge in [0.1, 0.15) is 11.3 Å². The highest BCUT2D eigenvalue weighted by Crippen LogP contribution is 2.20. The summed E-state index contributed by atoms with van der Waals surface area (Å²) in [6.07, 6.45) is 0. The Labute approximate surface area is 122 Å². The van der Waals surface area contributed by atoms with Crippen molar-refractivity contribution < 1.29 is 18.4 Å². The average molecular weight is 292 g/mol. The van der Waals surface area contributed by atoms with E-state index in [-0.39, 0.29) is 18.2 Å². The van der Waals surface area contributed by atoms with Gasteiger partial charge in [-0.2, -0.15) is 0 Å². The Morgan fingerprint density at radius 2 is 2.14 bits per heavy atom. The fraction of sp³-hybridized carbons (Fsp3) is 0.333. The van der Waals surface area contributed by atoms with E-state index in [9.17, 15) is 9.18 Å². The van der Waals surface area contributed by atoms with Crippen molar-refractivity contribution in [2.24, 2.45) is 0 Å². The second-order valence-corrected chi connectivity index (χ2v) is 4.83. The van der Waals surface area contributed by atoms with Crippen LogP contribution in [0, 0.1) is 19.7 Å². The summed E-state index contributed by atoms with van der Waals surface area (Å²) in [5.74, 6) is -0.000575. The molecule has 0 aliphatic rings. The van der Waals surface area contributed by atoms with Crippen LogP contribution < -0.4 is 4.74 Å². The van der Waals surface area contributed by atoms with E-state index in [4.69, 9.17) is 9.26 Å². The Hall–Kier alpha value is -2.37. The topological polar surface area (TPSA) is 55.6 Å². The lowest BCUT2D eigenvalue weighted by Crippen LogP contribution is -2.27. The molecule has 6 heteroatoms. The molecule has 0 unspecified atom stereocenters. The van der Waals surface area contributed by atoms with Gasteiger partial charge in [0, 0.05) is 13.6 Å². The molecule has 1 heterocycles. The Kier molecular flexibility index (Phi) is 4.26. The molecule has 0 fully saturated rings. The van der Waals surface area contributed by atoms with Gasteiger partial charge in [0.05, 0.1) is 12.8 Å². The molecule has 1 aromatic carbocycles. The van der Waals surface area contributed by atoms with Gasteiger partial charge in [0.15, 0.2) is 11.6 Å². The minimum atomic E-state index is -0.451. The van der Waals surface area contributed by atoms with Crippen molar-refractivity contribution in [1.82, 2.24) is 10.1 Å². The van der Waals surface area contributed by atoms with Crippen molar-refractivity contribution in [3.8, 4) is 5.75 Å². The van der Waals surface area contributed by atoms with Crippen molar-refractivity contribution in [2.75, 3.05) is 14.2 Å². The van der Waals surface area contributed by atoms with Crippen LogP contribution >= 0.6 is 0 Å². The molecule has 112 valence electrons. The number of carbonyl (C=O) groups excluding carboxylic acids is 1. The largest absolute Gasteiger partial charge is 0.494 e. The molecule has 5 nitrogen and oxygen atoms in total. The van der Waals surface area contributed by atoms with E-state index >= 15 is 0 Å². The molecule has 0 N–H and O–H groups in total. The number of hydrogen-bond acceptors (Lipinski definition) is 4. The second-order valence-electron chi connectivity index (χ2n) is 4.83. The second kappa shape index (κ2) is 5.95. The fourth-order valence-corrected chi connectivity index (χ4v) is 2.13. The predicted octanol–water partition coefficient (Wildman–Crippen LogP) is 2.71. The van der Waals surface area contributed by atoms with E-state index in [0.717, 1.165) is 0 Å². The maximum Gasteiger partial charge on any atom is 0.259 e. The summed E-state index contributed by atoms with van der Waals surface area (Å²) in [5.41, 5.74) is 1.67. The minimum Gasteiger partial charge on any atom is -0.494 e. The van der Waals surface area contributed by atoms with Crippen LogP contribution in [0.1, 0.15) is 27.4 Å². The molecule has 0 saturated heterocycles. The van der Waals surface area contributed by atoms with Gasteiger partial charge < -0.3 is 14.2 Å². The lowest BCUT2D eigenvalue weighted by molar-refractivity contribution is 0.0782. The third kappa shape index (κ3) is 3.04. The maximum absolute atomic E-state index is 13.7. The average Bonchev–Trinajstić information content (AvgIpc) is 2.77. The van der Waals surface area contributed by atoms with Gasteiger partial charge in [-0.3, -0.25) is 4.79 Å². The molecule has 0 radical (unpaired) electrons. The number of halogens is 1. The number of aromatic nitrogens is 1. The zero-order valence-electron chi connectivity index (χ0n) is 12.4. The highest BCUT2D eigenvalue weighted by molar-refractivity contribution is 5.95. The van der Waals surface area contributed by atoms with Crippen molar-refractivity contribution >= 4 is 5.91 Å². The van der Waals surface area contributed by atoms with Crippen LogP contribution in [-0.2, 0) is 6.54 Å². The smallest absolute Gasteiger partial charge is 0.259 e. The summed E-state index contributed by atoms with van der Waals surface area (Å²) in [5, 5.41) is 3.76. The zero-order chi connectivity index (χ0) is 15.6. The third-order valence-electron chi connectivity index (χ3n) is 3.23. The van der Waals surface area contributed by atoms with E-state index in [1.54, 1.807) is 33.0 Å². The van der Waals surface area contributed by atoms with Gasteiger partial charge in [0.25, 0.3) is 5.91 Å². The number of benzene rings is 1. The quantitative estimate of drug-likeness (QED) is 0.869. The summed E-state index contributed by atoms with van der Waals surface area (Å²) in [6, 6.07) is 4.62. The first-order valence-electron chi connectivity index (χ1n) is 6.44. The molecule has 2 rings (SSSR count). The number of rotatable bonds is 4. The number of nitrogens with zero attached hydrogens (tertiary/aromatic N) is 2. The molecule has 21 heavy (non-hydrogen) atoms. The summed E-state index contributed by atoms with van der Waals surface area (Å²) in [4.78, 5) is 13.9. The molecule has 0 saturated carbocycles. The highest BCUT2D eigenvalue weighted by Gasteiger charge is 2.21. The van der Waals surface area contributed by atoms with Gasteiger partial charge in [0.2, 0.25) is 0 Å². The van der Waals surface area contributed by atoms with Crippen LogP contribution in [0.4, 0.5) is 4.39 Å². The number of hydrogen-bond donors (Lipinski definition) is 0. The molecular formula is C15H17FN2O3. The van der Waals surface area contributed by atoms with Gasteiger partial charge in [-0.05, 0) is 31.5 Å². The summed E-state index contributed by atoms with van der Waals surface area (Å²) in [6.45, 7) is 3.68. The normalized spacial score (nSPS) is 10.5. The maximum atomic E-state index is 13.7. The first-order valence-corrected chi connectivity index (χ1v) is 6.44. The standard InChI is InChI=1S/C15H17FN2O3/c1-9-14(10(2)21-17-9)15(19)18(3)8-11-5-6-13(20-4)12(16)7-11/h5-7H,8H2,1-4H3. The molecule has 0 aliphatic heterocycles. The molecule has 0 bridgehead atoms. The van der Waals surface area contributed by atoms with Crippen molar-refractivity contribution in [2.45, 2.75) is 20.4 Å². The zero-order valence-corrected chi connectivity index (χ0v) is 12.4. The van der Waals surface area contributed by atoms with Gasteiger partial charge in [-0.1, -0.05) is 11.2 Å². The van der Waals surface area contributed by atoms with E-state index in [1.807, 2.05) is 0 Å². The fourth-order valence-electron chi connectivity index (χ4n) is 2.13. The van der Waals surface area contributed by atoms with Crippen LogP contribution in [0.5, 0.6) is 5.75 Å². The van der Waals surface area contributed by atoms with Crippen LogP contribution in [0.2, 0.25) is 0 Å². The lowest BCUT2D eigenvalue weighted by atomic mass is 10.1. The number of amides is 1. The van der Waals surface area contributed by atoms with E-state index in [2.05, 4.69) is 5.16 Å². The molecule has 2 aromatic rings. The summed E-state index contributed by atoms with van der Waals surface area (Å²) in [7, 11) is 3.06. The minimum absolute atomic E-state index is 0.179. The van der Waals surface area contributed by atoms with Gasteiger partial charge in [-0.25, -0.2) is 4.39 Å². The predicted molar refractivity (Wildman–Crippen MR) is 74.7 cm³/mol. The summed E-state index contributed by atoms with van der Waals surface area (Å²) < 4.78 is 23.5. The van der Waals surface area contributed by atoms with Crippen LogP contribution in [0.3, 0.4) is 0 Å². The molecule has 1 amide bonds. The van der Waals surface area contributed by atoms with Gasteiger partial charge >= 0.3 is 0 Å². The Morgan fingerprint density at radius 3 is 2.67 bits per heavy atom.